The van der Waals surface area contributed by atoms with Crippen LogP contribution in [0, 0.1) is 6.92 Å². The maximum atomic E-state index is 5.01. The van der Waals surface area contributed by atoms with Crippen molar-refractivity contribution in [2.24, 2.45) is 0 Å². The lowest BCUT2D eigenvalue weighted by Gasteiger charge is -2.07. The van der Waals surface area contributed by atoms with Gasteiger partial charge in [-0.3, -0.25) is 0 Å². The zero-order chi connectivity index (χ0) is 12.8. The topological polar surface area (TPSA) is 47.0 Å². The third kappa shape index (κ3) is 3.20. The van der Waals surface area contributed by atoms with E-state index in [1.54, 1.807) is 19.5 Å². The lowest BCUT2D eigenvalue weighted by Crippen LogP contribution is -2.08. The molecule has 18 heavy (non-hydrogen) atoms. The Labute approximate surface area is 107 Å². The fourth-order valence-corrected chi connectivity index (χ4v) is 1.71. The van der Waals surface area contributed by atoms with E-state index < -0.39 is 0 Å². The summed E-state index contributed by atoms with van der Waals surface area (Å²) in [6, 6.07) is 8.39. The molecule has 1 N–H and O–H groups in total. The van der Waals surface area contributed by atoms with Crippen LogP contribution in [0.15, 0.2) is 36.7 Å². The van der Waals surface area contributed by atoms with Crippen LogP contribution in [0.5, 0.6) is 5.75 Å². The third-order valence-corrected chi connectivity index (χ3v) is 2.80. The molecule has 94 valence electrons. The van der Waals surface area contributed by atoms with E-state index in [1.807, 2.05) is 0 Å². The zero-order valence-electron chi connectivity index (χ0n) is 10.7. The highest BCUT2D eigenvalue weighted by atomic mass is 16.5. The Balaban J connectivity index is 1.86. The van der Waals surface area contributed by atoms with Crippen LogP contribution in [0.3, 0.4) is 0 Å². The molecule has 0 amide bonds. The van der Waals surface area contributed by atoms with Gasteiger partial charge in [-0.05, 0) is 24.5 Å². The smallest absolute Gasteiger partial charge is 0.222 e. The van der Waals surface area contributed by atoms with Crippen molar-refractivity contribution >= 4 is 5.95 Å². The highest BCUT2D eigenvalue weighted by Gasteiger charge is 1.99. The number of hydrogen-bond acceptors (Lipinski definition) is 4. The molecule has 0 saturated heterocycles. The fourth-order valence-electron chi connectivity index (χ4n) is 1.71. The molecule has 0 radical (unpaired) electrons. The number of ether oxygens (including phenoxy) is 1. The molecular weight excluding hydrogens is 226 g/mol. The van der Waals surface area contributed by atoms with Crippen LogP contribution in [0.25, 0.3) is 0 Å². The minimum atomic E-state index is 0.629. The molecular formula is C14H17N3O. The first-order valence-corrected chi connectivity index (χ1v) is 5.94. The SMILES string of the molecule is COc1cnc(NCCc2ccccc2C)nc1. The molecule has 0 spiro atoms. The molecule has 1 aromatic carbocycles. The van der Waals surface area contributed by atoms with Crippen molar-refractivity contribution in [3.05, 3.63) is 47.8 Å². The van der Waals surface area contributed by atoms with Gasteiger partial charge in [-0.2, -0.15) is 0 Å². The van der Waals surface area contributed by atoms with Gasteiger partial charge >= 0.3 is 0 Å². The number of hydrogen-bond donors (Lipinski definition) is 1. The molecule has 0 aliphatic rings. The third-order valence-electron chi connectivity index (χ3n) is 2.80. The molecule has 0 aliphatic carbocycles. The van der Waals surface area contributed by atoms with Crippen LogP contribution in [0.2, 0.25) is 0 Å². The van der Waals surface area contributed by atoms with E-state index in [1.165, 1.54) is 11.1 Å². The first kappa shape index (κ1) is 12.4. The first-order valence-electron chi connectivity index (χ1n) is 5.94. The van der Waals surface area contributed by atoms with Gasteiger partial charge in [0, 0.05) is 6.54 Å². The molecule has 0 bridgehead atoms. The van der Waals surface area contributed by atoms with Crippen LogP contribution in [-0.2, 0) is 6.42 Å². The monoisotopic (exact) mass is 243 g/mol. The summed E-state index contributed by atoms with van der Waals surface area (Å²) >= 11 is 0. The predicted molar refractivity (Wildman–Crippen MR) is 72.0 cm³/mol. The Morgan fingerprint density at radius 2 is 1.89 bits per heavy atom. The van der Waals surface area contributed by atoms with Crippen molar-refractivity contribution in [2.75, 3.05) is 19.0 Å². The molecule has 0 saturated carbocycles. The number of methoxy groups -OCH3 is 1. The predicted octanol–water partition coefficient (Wildman–Crippen LogP) is 2.45. The molecule has 4 heteroatoms. The van der Waals surface area contributed by atoms with Crippen molar-refractivity contribution in [1.82, 2.24) is 9.97 Å². The number of rotatable bonds is 5. The molecule has 4 nitrogen and oxygen atoms in total. The maximum Gasteiger partial charge on any atom is 0.222 e. The van der Waals surface area contributed by atoms with Gasteiger partial charge < -0.3 is 10.1 Å². The summed E-state index contributed by atoms with van der Waals surface area (Å²) in [5.74, 6) is 1.30. The minimum Gasteiger partial charge on any atom is -0.494 e. The largest absolute Gasteiger partial charge is 0.494 e. The Bertz CT molecular complexity index is 497. The number of nitrogens with zero attached hydrogens (tertiary/aromatic N) is 2. The van der Waals surface area contributed by atoms with Gasteiger partial charge in [-0.25, -0.2) is 9.97 Å². The summed E-state index contributed by atoms with van der Waals surface area (Å²) in [5.41, 5.74) is 2.66. The van der Waals surface area contributed by atoms with Gasteiger partial charge in [0.1, 0.15) is 0 Å². The standard InChI is InChI=1S/C14H17N3O/c1-11-5-3-4-6-12(11)7-8-15-14-16-9-13(18-2)10-17-14/h3-6,9-10H,7-8H2,1-2H3,(H,15,16,17). The molecule has 0 aliphatic heterocycles. The molecule has 0 unspecified atom stereocenters. The second-order valence-corrected chi connectivity index (χ2v) is 4.05. The van der Waals surface area contributed by atoms with E-state index >= 15 is 0 Å². The lowest BCUT2D eigenvalue weighted by molar-refractivity contribution is 0.411. The van der Waals surface area contributed by atoms with Gasteiger partial charge in [-0.1, -0.05) is 24.3 Å². The van der Waals surface area contributed by atoms with Gasteiger partial charge in [0.05, 0.1) is 19.5 Å². The average Bonchev–Trinajstić information content (AvgIpc) is 2.42. The minimum absolute atomic E-state index is 0.629. The Kier molecular flexibility index (Phi) is 4.12. The Hall–Kier alpha value is -2.10. The quantitative estimate of drug-likeness (QED) is 0.876. The second kappa shape index (κ2) is 6.00. The van der Waals surface area contributed by atoms with E-state index in [0.29, 0.717) is 11.7 Å². The van der Waals surface area contributed by atoms with Gasteiger partial charge in [0.25, 0.3) is 0 Å². The van der Waals surface area contributed by atoms with Crippen LogP contribution in [0.1, 0.15) is 11.1 Å². The highest BCUT2D eigenvalue weighted by Crippen LogP contribution is 2.09. The molecule has 0 atom stereocenters. The van der Waals surface area contributed by atoms with Crippen LogP contribution in [0.4, 0.5) is 5.95 Å². The van der Waals surface area contributed by atoms with Crippen molar-refractivity contribution in [3.8, 4) is 5.75 Å². The summed E-state index contributed by atoms with van der Waals surface area (Å²) in [6.07, 6.45) is 4.27. The molecule has 1 heterocycles. The fraction of sp³-hybridized carbons (Fsp3) is 0.286. The summed E-state index contributed by atoms with van der Waals surface area (Å²) in [5, 5.41) is 3.19. The molecule has 2 rings (SSSR count). The number of aryl methyl sites for hydroxylation is 1. The van der Waals surface area contributed by atoms with Crippen molar-refractivity contribution < 1.29 is 4.74 Å². The summed E-state index contributed by atoms with van der Waals surface area (Å²) < 4.78 is 5.01. The van der Waals surface area contributed by atoms with Crippen molar-refractivity contribution in [2.45, 2.75) is 13.3 Å². The van der Waals surface area contributed by atoms with E-state index in [-0.39, 0.29) is 0 Å². The Morgan fingerprint density at radius 1 is 1.17 bits per heavy atom. The van der Waals surface area contributed by atoms with Gasteiger partial charge in [0.15, 0.2) is 5.75 Å². The molecule has 1 aromatic heterocycles. The van der Waals surface area contributed by atoms with Crippen LogP contribution < -0.4 is 10.1 Å². The van der Waals surface area contributed by atoms with Gasteiger partial charge in [0.2, 0.25) is 5.95 Å². The second-order valence-electron chi connectivity index (χ2n) is 4.05. The molecule has 2 aromatic rings. The summed E-state index contributed by atoms with van der Waals surface area (Å²) in [6.45, 7) is 2.94. The Morgan fingerprint density at radius 3 is 2.56 bits per heavy atom. The van der Waals surface area contributed by atoms with E-state index in [4.69, 9.17) is 4.74 Å². The first-order chi connectivity index (χ1) is 8.79. The highest BCUT2D eigenvalue weighted by molar-refractivity contribution is 5.29. The van der Waals surface area contributed by atoms with Crippen LogP contribution in [-0.4, -0.2) is 23.6 Å². The zero-order valence-corrected chi connectivity index (χ0v) is 10.7. The van der Waals surface area contributed by atoms with Crippen molar-refractivity contribution in [1.29, 1.82) is 0 Å². The van der Waals surface area contributed by atoms with Crippen LogP contribution >= 0.6 is 0 Å². The normalized spacial score (nSPS) is 10.1. The van der Waals surface area contributed by atoms with E-state index in [0.717, 1.165) is 13.0 Å². The van der Waals surface area contributed by atoms with E-state index in [9.17, 15) is 0 Å². The van der Waals surface area contributed by atoms with E-state index in [2.05, 4.69) is 46.5 Å². The number of benzene rings is 1. The van der Waals surface area contributed by atoms with Gasteiger partial charge in [-0.15, -0.1) is 0 Å². The number of aromatic nitrogens is 2. The number of anilines is 1. The maximum absolute atomic E-state index is 5.01. The lowest BCUT2D eigenvalue weighted by atomic mass is 10.1. The average molecular weight is 243 g/mol. The number of nitrogens with one attached hydrogen (secondary N) is 1. The van der Waals surface area contributed by atoms with Crippen molar-refractivity contribution in [3.63, 3.8) is 0 Å². The summed E-state index contributed by atoms with van der Waals surface area (Å²) in [4.78, 5) is 8.31. The summed E-state index contributed by atoms with van der Waals surface area (Å²) in [7, 11) is 1.60. The molecule has 0 fully saturated rings.